The molecule has 1 aromatic rings. The number of rotatable bonds is 4. The molecular weight excluding hydrogens is 293 g/mol. The molecule has 0 amide bonds. The molecule has 0 aliphatic heterocycles. The lowest BCUT2D eigenvalue weighted by Gasteiger charge is -2.12. The standard InChI is InChI=1S/C9H14IN3O/c1-7(3-11-2)5-13-6-12-4-8(10)9(13)14/h4,6-7,11H,3,5H2,1-2H3. The molecule has 0 saturated heterocycles. The molecule has 4 nitrogen and oxygen atoms in total. The van der Waals surface area contributed by atoms with Crippen molar-refractivity contribution in [2.24, 2.45) is 5.92 Å². The van der Waals surface area contributed by atoms with Crippen LogP contribution < -0.4 is 10.9 Å². The molecule has 1 N–H and O–H groups in total. The summed E-state index contributed by atoms with van der Waals surface area (Å²) in [6, 6.07) is 0. The summed E-state index contributed by atoms with van der Waals surface area (Å²) in [6.45, 7) is 3.71. The number of hydrogen-bond acceptors (Lipinski definition) is 3. The molecule has 0 bridgehead atoms. The van der Waals surface area contributed by atoms with Crippen molar-refractivity contribution in [3.05, 3.63) is 26.4 Å². The quantitative estimate of drug-likeness (QED) is 0.833. The lowest BCUT2D eigenvalue weighted by Crippen LogP contribution is -2.28. The van der Waals surface area contributed by atoms with Crippen LogP contribution in [0.25, 0.3) is 0 Å². The minimum absolute atomic E-state index is 0.0450. The lowest BCUT2D eigenvalue weighted by atomic mass is 10.2. The third-order valence-corrected chi connectivity index (χ3v) is 2.66. The maximum Gasteiger partial charge on any atom is 0.266 e. The van der Waals surface area contributed by atoms with E-state index >= 15 is 0 Å². The van der Waals surface area contributed by atoms with E-state index in [0.717, 1.165) is 6.54 Å². The Morgan fingerprint density at radius 3 is 3.07 bits per heavy atom. The van der Waals surface area contributed by atoms with Crippen LogP contribution in [0.3, 0.4) is 0 Å². The van der Waals surface area contributed by atoms with Gasteiger partial charge in [-0.05, 0) is 42.1 Å². The van der Waals surface area contributed by atoms with E-state index in [2.05, 4.69) is 17.2 Å². The summed E-state index contributed by atoms with van der Waals surface area (Å²) in [6.07, 6.45) is 3.18. The van der Waals surface area contributed by atoms with Gasteiger partial charge in [0, 0.05) is 12.7 Å². The van der Waals surface area contributed by atoms with Crippen LogP contribution in [0.4, 0.5) is 0 Å². The van der Waals surface area contributed by atoms with Crippen molar-refractivity contribution in [3.63, 3.8) is 0 Å². The number of nitrogens with one attached hydrogen (secondary N) is 1. The summed E-state index contributed by atoms with van der Waals surface area (Å²) < 4.78 is 2.32. The monoisotopic (exact) mass is 307 g/mol. The summed E-state index contributed by atoms with van der Waals surface area (Å²) in [5.41, 5.74) is 0.0450. The van der Waals surface area contributed by atoms with Gasteiger partial charge >= 0.3 is 0 Å². The molecule has 5 heteroatoms. The van der Waals surface area contributed by atoms with E-state index in [4.69, 9.17) is 0 Å². The molecule has 1 heterocycles. The van der Waals surface area contributed by atoms with Crippen molar-refractivity contribution >= 4 is 22.6 Å². The first-order valence-electron chi connectivity index (χ1n) is 4.49. The Bertz CT molecular complexity index is 350. The first-order valence-corrected chi connectivity index (χ1v) is 5.57. The molecule has 0 saturated carbocycles. The fourth-order valence-electron chi connectivity index (χ4n) is 1.30. The third kappa shape index (κ3) is 3.06. The van der Waals surface area contributed by atoms with Gasteiger partial charge in [-0.25, -0.2) is 4.98 Å². The topological polar surface area (TPSA) is 46.9 Å². The molecule has 0 fully saturated rings. The zero-order chi connectivity index (χ0) is 10.6. The minimum atomic E-state index is 0.0450. The molecule has 14 heavy (non-hydrogen) atoms. The highest BCUT2D eigenvalue weighted by Gasteiger charge is 2.05. The summed E-state index contributed by atoms with van der Waals surface area (Å²) in [4.78, 5) is 15.6. The second kappa shape index (κ2) is 5.45. The van der Waals surface area contributed by atoms with E-state index < -0.39 is 0 Å². The van der Waals surface area contributed by atoms with E-state index in [1.165, 1.54) is 0 Å². The molecule has 0 radical (unpaired) electrons. The number of aromatic nitrogens is 2. The van der Waals surface area contributed by atoms with Gasteiger partial charge in [-0.3, -0.25) is 9.36 Å². The Morgan fingerprint density at radius 2 is 2.43 bits per heavy atom. The van der Waals surface area contributed by atoms with Crippen LogP contribution in [-0.4, -0.2) is 23.1 Å². The van der Waals surface area contributed by atoms with Crippen molar-refractivity contribution in [3.8, 4) is 0 Å². The van der Waals surface area contributed by atoms with Gasteiger partial charge in [-0.1, -0.05) is 6.92 Å². The fourth-order valence-corrected chi connectivity index (χ4v) is 1.77. The Morgan fingerprint density at radius 1 is 1.71 bits per heavy atom. The van der Waals surface area contributed by atoms with Gasteiger partial charge in [-0.15, -0.1) is 0 Å². The lowest BCUT2D eigenvalue weighted by molar-refractivity contribution is 0.450. The fraction of sp³-hybridized carbons (Fsp3) is 0.556. The van der Waals surface area contributed by atoms with Crippen molar-refractivity contribution < 1.29 is 0 Å². The third-order valence-electron chi connectivity index (χ3n) is 1.92. The van der Waals surface area contributed by atoms with Crippen molar-refractivity contribution in [1.29, 1.82) is 0 Å². The highest BCUT2D eigenvalue weighted by atomic mass is 127. The van der Waals surface area contributed by atoms with E-state index in [0.29, 0.717) is 16.0 Å². The van der Waals surface area contributed by atoms with Crippen molar-refractivity contribution in [2.75, 3.05) is 13.6 Å². The van der Waals surface area contributed by atoms with Crippen LogP contribution in [0.1, 0.15) is 6.92 Å². The number of halogens is 1. The zero-order valence-electron chi connectivity index (χ0n) is 8.33. The molecule has 1 aromatic heterocycles. The normalized spacial score (nSPS) is 12.8. The highest BCUT2D eigenvalue weighted by molar-refractivity contribution is 14.1. The predicted molar refractivity (Wildman–Crippen MR) is 64.3 cm³/mol. The second-order valence-corrected chi connectivity index (χ2v) is 4.52. The Labute approximate surface area is 96.9 Å². The maximum atomic E-state index is 11.6. The molecule has 0 aromatic carbocycles. The Hall–Kier alpha value is -0.430. The average molecular weight is 307 g/mol. The number of nitrogens with zero attached hydrogens (tertiary/aromatic N) is 2. The van der Waals surface area contributed by atoms with E-state index in [9.17, 15) is 4.79 Å². The minimum Gasteiger partial charge on any atom is -0.319 e. The van der Waals surface area contributed by atoms with Gasteiger partial charge in [0.15, 0.2) is 0 Å². The average Bonchev–Trinajstić information content (AvgIpc) is 2.13. The van der Waals surface area contributed by atoms with E-state index in [1.54, 1.807) is 17.1 Å². The highest BCUT2D eigenvalue weighted by Crippen LogP contribution is 1.98. The maximum absolute atomic E-state index is 11.6. The van der Waals surface area contributed by atoms with Gasteiger partial charge < -0.3 is 5.32 Å². The molecule has 1 unspecified atom stereocenters. The molecule has 1 rings (SSSR count). The first kappa shape index (κ1) is 11.6. The van der Waals surface area contributed by atoms with Gasteiger partial charge in [-0.2, -0.15) is 0 Å². The van der Waals surface area contributed by atoms with Gasteiger partial charge in [0.1, 0.15) is 0 Å². The largest absolute Gasteiger partial charge is 0.319 e. The molecule has 0 aliphatic rings. The second-order valence-electron chi connectivity index (χ2n) is 3.36. The number of hydrogen-bond donors (Lipinski definition) is 1. The SMILES string of the molecule is CNCC(C)Cn1cncc(I)c1=O. The zero-order valence-corrected chi connectivity index (χ0v) is 10.5. The van der Waals surface area contributed by atoms with Gasteiger partial charge in [0.2, 0.25) is 0 Å². The van der Waals surface area contributed by atoms with Crippen molar-refractivity contribution in [1.82, 2.24) is 14.9 Å². The van der Waals surface area contributed by atoms with Gasteiger partial charge in [0.05, 0.1) is 9.90 Å². The summed E-state index contributed by atoms with van der Waals surface area (Å²) in [5.74, 6) is 0.428. The first-order chi connectivity index (χ1) is 6.65. The van der Waals surface area contributed by atoms with Gasteiger partial charge in [0.25, 0.3) is 5.56 Å². The van der Waals surface area contributed by atoms with Crippen LogP contribution in [0.15, 0.2) is 17.3 Å². The van der Waals surface area contributed by atoms with Crippen LogP contribution in [0.5, 0.6) is 0 Å². The summed E-state index contributed by atoms with van der Waals surface area (Å²) >= 11 is 2.01. The van der Waals surface area contributed by atoms with Crippen molar-refractivity contribution in [2.45, 2.75) is 13.5 Å². The summed E-state index contributed by atoms with van der Waals surface area (Å²) in [5, 5.41) is 3.08. The molecule has 0 aliphatic carbocycles. The van der Waals surface area contributed by atoms with E-state index in [1.807, 2.05) is 29.6 Å². The smallest absolute Gasteiger partial charge is 0.266 e. The molecular formula is C9H14IN3O. The van der Waals surface area contributed by atoms with E-state index in [-0.39, 0.29) is 5.56 Å². The Balaban J connectivity index is 2.77. The molecule has 78 valence electrons. The van der Waals surface area contributed by atoms with Crippen LogP contribution >= 0.6 is 22.6 Å². The Kier molecular flexibility index (Phi) is 4.53. The predicted octanol–water partition coefficient (Wildman–Crippen LogP) is 0.703. The van der Waals surface area contributed by atoms with Crippen LogP contribution in [0.2, 0.25) is 0 Å². The molecule has 0 spiro atoms. The van der Waals surface area contributed by atoms with Crippen LogP contribution in [-0.2, 0) is 6.54 Å². The molecule has 1 atom stereocenters. The summed E-state index contributed by atoms with van der Waals surface area (Å²) in [7, 11) is 1.91. The van der Waals surface area contributed by atoms with Crippen LogP contribution in [0, 0.1) is 9.49 Å².